The van der Waals surface area contributed by atoms with Crippen LogP contribution in [0.4, 0.5) is 0 Å². The molecule has 0 radical (unpaired) electrons. The van der Waals surface area contributed by atoms with E-state index in [-0.39, 0.29) is 5.91 Å². The van der Waals surface area contributed by atoms with Gasteiger partial charge in [0.05, 0.1) is 0 Å². The topological polar surface area (TPSA) is 38.3 Å². The van der Waals surface area contributed by atoms with Crippen LogP contribution in [0, 0.1) is 6.92 Å². The van der Waals surface area contributed by atoms with Crippen molar-refractivity contribution in [1.29, 1.82) is 0 Å². The van der Waals surface area contributed by atoms with Crippen molar-refractivity contribution in [1.82, 2.24) is 5.32 Å². The van der Waals surface area contributed by atoms with Crippen molar-refractivity contribution in [2.45, 2.75) is 17.9 Å². The van der Waals surface area contributed by atoms with E-state index in [1.807, 2.05) is 19.1 Å². The molecule has 17 heavy (non-hydrogen) atoms. The Kier molecular flexibility index (Phi) is 3.74. The first-order chi connectivity index (χ1) is 8.20. The Labute approximate surface area is 105 Å². The van der Waals surface area contributed by atoms with Crippen LogP contribution in [-0.2, 0) is 4.79 Å². The molecule has 4 heteroatoms. The summed E-state index contributed by atoms with van der Waals surface area (Å²) in [6, 6.07) is 5.99. The van der Waals surface area contributed by atoms with E-state index in [9.17, 15) is 4.79 Å². The molecule has 0 spiro atoms. The van der Waals surface area contributed by atoms with Crippen molar-refractivity contribution in [3.8, 4) is 5.75 Å². The summed E-state index contributed by atoms with van der Waals surface area (Å²) >= 11 is 1.66. The molecule has 1 aromatic carbocycles. The number of hydrogen-bond donors (Lipinski definition) is 1. The average Bonchev–Trinajstić information content (AvgIpc) is 2.35. The SMILES string of the molecule is C=CCNC(=O)C1CSc2cc(C)ccc2O1. The van der Waals surface area contributed by atoms with Gasteiger partial charge in [-0.15, -0.1) is 18.3 Å². The van der Waals surface area contributed by atoms with Gasteiger partial charge < -0.3 is 10.1 Å². The highest BCUT2D eigenvalue weighted by molar-refractivity contribution is 7.99. The lowest BCUT2D eigenvalue weighted by molar-refractivity contribution is -0.126. The number of benzene rings is 1. The molecule has 0 aliphatic carbocycles. The monoisotopic (exact) mass is 249 g/mol. The first-order valence-corrected chi connectivity index (χ1v) is 6.48. The minimum absolute atomic E-state index is 0.0800. The van der Waals surface area contributed by atoms with Gasteiger partial charge in [-0.3, -0.25) is 4.79 Å². The van der Waals surface area contributed by atoms with Gasteiger partial charge in [0.2, 0.25) is 0 Å². The fourth-order valence-corrected chi connectivity index (χ4v) is 2.67. The van der Waals surface area contributed by atoms with Gasteiger partial charge in [0, 0.05) is 17.2 Å². The summed E-state index contributed by atoms with van der Waals surface area (Å²) in [5.41, 5.74) is 1.20. The smallest absolute Gasteiger partial charge is 0.262 e. The van der Waals surface area contributed by atoms with Crippen molar-refractivity contribution in [2.75, 3.05) is 12.3 Å². The Morgan fingerprint density at radius 2 is 2.53 bits per heavy atom. The van der Waals surface area contributed by atoms with Crippen LogP contribution in [0.3, 0.4) is 0 Å². The number of rotatable bonds is 3. The number of carbonyl (C=O) groups is 1. The van der Waals surface area contributed by atoms with Crippen LogP contribution in [0.5, 0.6) is 5.75 Å². The van der Waals surface area contributed by atoms with Crippen LogP contribution in [0.1, 0.15) is 5.56 Å². The second-order valence-corrected chi connectivity index (χ2v) is 4.96. The minimum Gasteiger partial charge on any atom is -0.479 e. The van der Waals surface area contributed by atoms with E-state index >= 15 is 0 Å². The van der Waals surface area contributed by atoms with Crippen molar-refractivity contribution in [3.63, 3.8) is 0 Å². The lowest BCUT2D eigenvalue weighted by atomic mass is 10.2. The Balaban J connectivity index is 2.05. The van der Waals surface area contributed by atoms with Gasteiger partial charge in [-0.2, -0.15) is 0 Å². The summed E-state index contributed by atoms with van der Waals surface area (Å²) in [6.45, 7) is 6.08. The molecule has 0 saturated carbocycles. The lowest BCUT2D eigenvalue weighted by Gasteiger charge is -2.24. The summed E-state index contributed by atoms with van der Waals surface area (Å²) in [4.78, 5) is 12.8. The molecule has 0 bridgehead atoms. The molecule has 1 aromatic rings. The number of fused-ring (bicyclic) bond motifs is 1. The molecule has 1 aliphatic heterocycles. The average molecular weight is 249 g/mol. The minimum atomic E-state index is -0.407. The molecule has 1 unspecified atom stereocenters. The fraction of sp³-hybridized carbons (Fsp3) is 0.308. The van der Waals surface area contributed by atoms with Gasteiger partial charge >= 0.3 is 0 Å². The molecule has 1 heterocycles. The molecule has 3 nitrogen and oxygen atoms in total. The molecule has 0 saturated heterocycles. The van der Waals surface area contributed by atoms with Gasteiger partial charge in [0.15, 0.2) is 6.10 Å². The van der Waals surface area contributed by atoms with Crippen molar-refractivity contribution >= 4 is 17.7 Å². The molecule has 0 aromatic heterocycles. The van der Waals surface area contributed by atoms with E-state index in [1.165, 1.54) is 5.56 Å². The molecule has 1 atom stereocenters. The van der Waals surface area contributed by atoms with Crippen LogP contribution in [0.15, 0.2) is 35.7 Å². The van der Waals surface area contributed by atoms with Gasteiger partial charge in [-0.05, 0) is 24.6 Å². The third kappa shape index (κ3) is 2.82. The van der Waals surface area contributed by atoms with Gasteiger partial charge in [-0.1, -0.05) is 12.1 Å². The van der Waals surface area contributed by atoms with E-state index in [4.69, 9.17) is 4.74 Å². The zero-order valence-electron chi connectivity index (χ0n) is 9.73. The highest BCUT2D eigenvalue weighted by Crippen LogP contribution is 2.35. The number of carbonyl (C=O) groups excluding carboxylic acids is 1. The second-order valence-electron chi connectivity index (χ2n) is 3.90. The predicted molar refractivity (Wildman–Crippen MR) is 69.5 cm³/mol. The third-order valence-corrected chi connectivity index (χ3v) is 3.57. The Hall–Kier alpha value is -1.42. The standard InChI is InChI=1S/C13H15NO2S/c1-3-6-14-13(15)11-8-17-12-7-9(2)4-5-10(12)16-11/h3-5,7,11H,1,6,8H2,2H3,(H,14,15). The molecule has 1 N–H and O–H groups in total. The number of aryl methyl sites for hydroxylation is 1. The number of ether oxygens (including phenoxy) is 1. The first-order valence-electron chi connectivity index (χ1n) is 5.49. The number of thioether (sulfide) groups is 1. The Bertz CT molecular complexity index is 445. The summed E-state index contributed by atoms with van der Waals surface area (Å²) in [5, 5.41) is 2.75. The van der Waals surface area contributed by atoms with E-state index in [0.29, 0.717) is 12.3 Å². The molecule has 1 aliphatic rings. The summed E-state index contributed by atoms with van der Waals surface area (Å²) in [6.07, 6.45) is 1.25. The largest absolute Gasteiger partial charge is 0.479 e. The highest BCUT2D eigenvalue weighted by Gasteiger charge is 2.26. The molecule has 1 amide bonds. The molecule has 0 fully saturated rings. The van der Waals surface area contributed by atoms with Crippen LogP contribution in [0.2, 0.25) is 0 Å². The maximum atomic E-state index is 11.7. The highest BCUT2D eigenvalue weighted by atomic mass is 32.2. The number of nitrogens with one attached hydrogen (secondary N) is 1. The molecular formula is C13H15NO2S. The summed E-state index contributed by atoms with van der Waals surface area (Å²) < 4.78 is 5.68. The van der Waals surface area contributed by atoms with Crippen molar-refractivity contribution in [2.24, 2.45) is 0 Å². The quantitative estimate of drug-likeness (QED) is 0.834. The molecule has 90 valence electrons. The van der Waals surface area contributed by atoms with Crippen LogP contribution < -0.4 is 10.1 Å². The molecular weight excluding hydrogens is 234 g/mol. The summed E-state index contributed by atoms with van der Waals surface area (Å²) in [7, 11) is 0. The Morgan fingerprint density at radius 3 is 3.29 bits per heavy atom. The third-order valence-electron chi connectivity index (χ3n) is 2.47. The van der Waals surface area contributed by atoms with E-state index in [1.54, 1.807) is 17.8 Å². The van der Waals surface area contributed by atoms with Gasteiger partial charge in [-0.25, -0.2) is 0 Å². The zero-order chi connectivity index (χ0) is 12.3. The predicted octanol–water partition coefficient (Wildman–Crippen LogP) is 2.15. The van der Waals surface area contributed by atoms with Gasteiger partial charge in [0.1, 0.15) is 5.75 Å². The van der Waals surface area contributed by atoms with Crippen LogP contribution in [-0.4, -0.2) is 24.3 Å². The lowest BCUT2D eigenvalue weighted by Crippen LogP contribution is -2.41. The molecule has 2 rings (SSSR count). The van der Waals surface area contributed by atoms with E-state index in [0.717, 1.165) is 10.6 Å². The number of amides is 1. The van der Waals surface area contributed by atoms with Crippen LogP contribution in [0.25, 0.3) is 0 Å². The number of hydrogen-bond acceptors (Lipinski definition) is 3. The van der Waals surface area contributed by atoms with Crippen molar-refractivity contribution in [3.05, 3.63) is 36.4 Å². The maximum absolute atomic E-state index is 11.7. The fourth-order valence-electron chi connectivity index (χ4n) is 1.59. The zero-order valence-corrected chi connectivity index (χ0v) is 10.5. The Morgan fingerprint density at radius 1 is 1.71 bits per heavy atom. The first kappa shape index (κ1) is 12.0. The van der Waals surface area contributed by atoms with E-state index < -0.39 is 6.10 Å². The van der Waals surface area contributed by atoms with Crippen molar-refractivity contribution < 1.29 is 9.53 Å². The van der Waals surface area contributed by atoms with E-state index in [2.05, 4.69) is 18.0 Å². The maximum Gasteiger partial charge on any atom is 0.262 e. The van der Waals surface area contributed by atoms with Crippen LogP contribution >= 0.6 is 11.8 Å². The normalized spacial score (nSPS) is 17.8. The van der Waals surface area contributed by atoms with Gasteiger partial charge in [0.25, 0.3) is 5.91 Å². The second kappa shape index (κ2) is 5.27. The summed E-state index contributed by atoms with van der Waals surface area (Å²) in [5.74, 6) is 1.37.